The maximum Gasteiger partial charge on any atom is 0.267 e. The molecule has 4 N–H and O–H groups in total. The van der Waals surface area contributed by atoms with Gasteiger partial charge in [-0.1, -0.05) is 11.6 Å². The van der Waals surface area contributed by atoms with Crippen molar-refractivity contribution in [3.05, 3.63) is 56.7 Å². The molecule has 0 fully saturated rings. The number of carbonyl (C=O) groups is 1. The molecule has 1 atom stereocenters. The summed E-state index contributed by atoms with van der Waals surface area (Å²) in [6.45, 7) is 1.76. The lowest BCUT2D eigenvalue weighted by Gasteiger charge is -2.13. The van der Waals surface area contributed by atoms with Crippen LogP contribution < -0.4 is 16.6 Å². The van der Waals surface area contributed by atoms with Gasteiger partial charge in [-0.25, -0.2) is 4.39 Å². The number of H-pyrrole nitrogens is 1. The van der Waals surface area contributed by atoms with Crippen LogP contribution in [0.4, 0.5) is 10.2 Å². The highest BCUT2D eigenvalue weighted by Gasteiger charge is 2.16. The van der Waals surface area contributed by atoms with Gasteiger partial charge < -0.3 is 16.0 Å². The number of nitrogens with zero attached hydrogens (tertiary/aromatic N) is 2. The molecule has 3 rings (SSSR count). The number of nitrogens with two attached hydrogens (primary N) is 1. The van der Waals surface area contributed by atoms with Crippen molar-refractivity contribution >= 4 is 34.2 Å². The summed E-state index contributed by atoms with van der Waals surface area (Å²) in [6, 6.07) is 5.34. The topological polar surface area (TPSA) is 106 Å². The minimum atomic E-state index is -0.601. The zero-order valence-electron chi connectivity index (χ0n) is 13.4. The average molecular weight is 364 g/mol. The molecule has 130 valence electrons. The molecule has 0 saturated heterocycles. The largest absolute Gasteiger partial charge is 0.364 e. The number of aromatic amines is 1. The van der Waals surface area contributed by atoms with Crippen LogP contribution in [0.1, 0.15) is 29.0 Å². The normalized spacial score (nSPS) is 12.3. The number of aromatic nitrogens is 3. The van der Waals surface area contributed by atoms with Crippen LogP contribution in [0.3, 0.4) is 0 Å². The van der Waals surface area contributed by atoms with Gasteiger partial charge in [0.15, 0.2) is 0 Å². The standard InChI is InChI=1S/C16H15ClFN5O2/c1-7(20-14-6-13(15(19)24)23(2)22-14)9-3-8-4-10(17)11(18)5-12(8)21-16(9)25/h3-7H,1-2H3,(H2,19,24)(H,20,22)(H,21,25). The Balaban J connectivity index is 1.96. The summed E-state index contributed by atoms with van der Waals surface area (Å²) in [5.41, 5.74) is 5.91. The molecule has 0 bridgehead atoms. The summed E-state index contributed by atoms with van der Waals surface area (Å²) in [6.07, 6.45) is 0. The number of primary amides is 1. The second-order valence-electron chi connectivity index (χ2n) is 5.68. The van der Waals surface area contributed by atoms with E-state index >= 15 is 0 Å². The second kappa shape index (κ2) is 6.21. The van der Waals surface area contributed by atoms with Crippen molar-refractivity contribution < 1.29 is 9.18 Å². The first-order valence-electron chi connectivity index (χ1n) is 7.38. The Morgan fingerprint density at radius 2 is 2.12 bits per heavy atom. The Morgan fingerprint density at radius 1 is 1.40 bits per heavy atom. The molecule has 25 heavy (non-hydrogen) atoms. The number of anilines is 1. The van der Waals surface area contributed by atoms with Gasteiger partial charge in [-0.05, 0) is 25.1 Å². The molecule has 2 heterocycles. The summed E-state index contributed by atoms with van der Waals surface area (Å²) < 4.78 is 14.9. The Labute approximate surface area is 146 Å². The van der Waals surface area contributed by atoms with Crippen LogP contribution in [0.5, 0.6) is 0 Å². The quantitative estimate of drug-likeness (QED) is 0.661. The predicted molar refractivity (Wildman–Crippen MR) is 93.3 cm³/mol. The number of benzene rings is 1. The number of fused-ring (bicyclic) bond motifs is 1. The molecule has 0 radical (unpaired) electrons. The van der Waals surface area contributed by atoms with Crippen molar-refractivity contribution in [3.63, 3.8) is 0 Å². The highest BCUT2D eigenvalue weighted by Crippen LogP contribution is 2.24. The fourth-order valence-electron chi connectivity index (χ4n) is 2.61. The summed E-state index contributed by atoms with van der Waals surface area (Å²) in [5.74, 6) is -0.799. The van der Waals surface area contributed by atoms with Gasteiger partial charge in [0.05, 0.1) is 16.6 Å². The number of hydrogen-bond donors (Lipinski definition) is 3. The smallest absolute Gasteiger partial charge is 0.267 e. The van der Waals surface area contributed by atoms with Gasteiger partial charge in [-0.3, -0.25) is 14.3 Å². The van der Waals surface area contributed by atoms with Crippen LogP contribution in [-0.4, -0.2) is 20.7 Å². The Hall–Kier alpha value is -2.87. The van der Waals surface area contributed by atoms with E-state index in [4.69, 9.17) is 17.3 Å². The molecule has 9 heteroatoms. The molecular weight excluding hydrogens is 349 g/mol. The van der Waals surface area contributed by atoms with Gasteiger partial charge in [0, 0.05) is 24.1 Å². The zero-order chi connectivity index (χ0) is 18.3. The zero-order valence-corrected chi connectivity index (χ0v) is 14.2. The molecule has 0 spiro atoms. The molecule has 0 aliphatic rings. The van der Waals surface area contributed by atoms with Crippen molar-refractivity contribution in [3.8, 4) is 0 Å². The highest BCUT2D eigenvalue weighted by molar-refractivity contribution is 6.31. The third-order valence-electron chi connectivity index (χ3n) is 3.88. The number of nitrogens with one attached hydrogen (secondary N) is 2. The first-order chi connectivity index (χ1) is 11.8. The molecule has 1 unspecified atom stereocenters. The summed E-state index contributed by atoms with van der Waals surface area (Å²) in [4.78, 5) is 26.2. The molecule has 7 nitrogen and oxygen atoms in total. The van der Waals surface area contributed by atoms with Crippen molar-refractivity contribution in [2.45, 2.75) is 13.0 Å². The van der Waals surface area contributed by atoms with E-state index in [1.807, 2.05) is 0 Å². The monoisotopic (exact) mass is 363 g/mol. The first-order valence-corrected chi connectivity index (χ1v) is 7.76. The lowest BCUT2D eigenvalue weighted by molar-refractivity contribution is 0.0991. The number of hydrogen-bond acceptors (Lipinski definition) is 4. The lowest BCUT2D eigenvalue weighted by atomic mass is 10.1. The van der Waals surface area contributed by atoms with E-state index in [2.05, 4.69) is 15.4 Å². The summed E-state index contributed by atoms with van der Waals surface area (Å²) >= 11 is 5.80. The lowest BCUT2D eigenvalue weighted by Crippen LogP contribution is -2.19. The van der Waals surface area contributed by atoms with Crippen molar-refractivity contribution in [2.75, 3.05) is 5.32 Å². The molecule has 0 saturated carbocycles. The maximum absolute atomic E-state index is 13.5. The van der Waals surface area contributed by atoms with Gasteiger partial charge >= 0.3 is 0 Å². The number of pyridine rings is 1. The van der Waals surface area contributed by atoms with Gasteiger partial charge in [0.1, 0.15) is 17.3 Å². The Kier molecular flexibility index (Phi) is 4.22. The van der Waals surface area contributed by atoms with Crippen LogP contribution in [0, 0.1) is 5.82 Å². The molecular formula is C16H15ClFN5O2. The molecule has 2 aromatic heterocycles. The third-order valence-corrected chi connectivity index (χ3v) is 4.17. The van der Waals surface area contributed by atoms with Crippen LogP contribution >= 0.6 is 11.6 Å². The Morgan fingerprint density at radius 3 is 2.76 bits per heavy atom. The minimum Gasteiger partial charge on any atom is -0.364 e. The fourth-order valence-corrected chi connectivity index (χ4v) is 2.78. The van der Waals surface area contributed by atoms with Crippen LogP contribution in [0.2, 0.25) is 5.02 Å². The number of halogens is 2. The number of carbonyl (C=O) groups excluding carboxylic acids is 1. The van der Waals surface area contributed by atoms with E-state index in [1.54, 1.807) is 20.0 Å². The van der Waals surface area contributed by atoms with E-state index < -0.39 is 17.8 Å². The highest BCUT2D eigenvalue weighted by atomic mass is 35.5. The van der Waals surface area contributed by atoms with E-state index in [0.29, 0.717) is 22.3 Å². The summed E-state index contributed by atoms with van der Waals surface area (Å²) in [7, 11) is 1.59. The number of amides is 1. The van der Waals surface area contributed by atoms with Gasteiger partial charge in [0.25, 0.3) is 11.5 Å². The molecule has 1 aromatic carbocycles. The fraction of sp³-hybridized carbons (Fsp3) is 0.188. The van der Waals surface area contributed by atoms with Gasteiger partial charge in [-0.2, -0.15) is 5.10 Å². The predicted octanol–water partition coefficient (Wildman–Crippen LogP) is 2.33. The average Bonchev–Trinajstić information content (AvgIpc) is 2.89. The van der Waals surface area contributed by atoms with Crippen molar-refractivity contribution in [1.82, 2.24) is 14.8 Å². The van der Waals surface area contributed by atoms with Crippen molar-refractivity contribution in [2.24, 2.45) is 12.8 Å². The molecule has 0 aliphatic carbocycles. The van der Waals surface area contributed by atoms with Crippen LogP contribution in [-0.2, 0) is 7.05 Å². The van der Waals surface area contributed by atoms with E-state index in [1.165, 1.54) is 22.9 Å². The minimum absolute atomic E-state index is 0.0260. The first kappa shape index (κ1) is 17.0. The second-order valence-corrected chi connectivity index (χ2v) is 6.08. The molecule has 0 aliphatic heterocycles. The van der Waals surface area contributed by atoms with Gasteiger partial charge in [-0.15, -0.1) is 0 Å². The van der Waals surface area contributed by atoms with Crippen LogP contribution in [0.25, 0.3) is 10.9 Å². The van der Waals surface area contributed by atoms with Crippen LogP contribution in [0.15, 0.2) is 29.1 Å². The van der Waals surface area contributed by atoms with Gasteiger partial charge in [0.2, 0.25) is 0 Å². The summed E-state index contributed by atoms with van der Waals surface area (Å²) in [5, 5.41) is 7.75. The maximum atomic E-state index is 13.5. The van der Waals surface area contributed by atoms with Crippen molar-refractivity contribution in [1.29, 1.82) is 0 Å². The van der Waals surface area contributed by atoms with E-state index in [0.717, 1.165) is 0 Å². The SMILES string of the molecule is CC(Nc1cc(C(N)=O)n(C)n1)c1cc2cc(Cl)c(F)cc2[nH]c1=O. The molecule has 1 amide bonds. The number of rotatable bonds is 4. The molecule has 3 aromatic rings. The third kappa shape index (κ3) is 3.20. The Bertz CT molecular complexity index is 1040. The number of aryl methyl sites for hydroxylation is 1. The van der Waals surface area contributed by atoms with E-state index in [-0.39, 0.29) is 16.3 Å². The van der Waals surface area contributed by atoms with E-state index in [9.17, 15) is 14.0 Å².